The maximum absolute atomic E-state index is 12.7. The fourth-order valence-electron chi connectivity index (χ4n) is 3.12. The number of piperazine rings is 1. The highest BCUT2D eigenvalue weighted by Gasteiger charge is 2.46. The van der Waals surface area contributed by atoms with E-state index in [1.54, 1.807) is 16.7 Å². The van der Waals surface area contributed by atoms with Crippen LogP contribution >= 0.6 is 11.6 Å². The summed E-state index contributed by atoms with van der Waals surface area (Å²) in [5, 5.41) is 0.518. The number of anilines is 1. The molecule has 5 heteroatoms. The number of rotatable bonds is 1. The van der Waals surface area contributed by atoms with Crippen LogP contribution < -0.4 is 4.90 Å². The quantitative estimate of drug-likeness (QED) is 0.797. The molecule has 0 aliphatic carbocycles. The molecule has 0 spiro atoms. The minimum Gasteiger partial charge on any atom is -0.329 e. The van der Waals surface area contributed by atoms with E-state index in [1.165, 1.54) is 0 Å². The number of aryl methyl sites for hydroxylation is 1. The van der Waals surface area contributed by atoms with Gasteiger partial charge < -0.3 is 4.90 Å². The summed E-state index contributed by atoms with van der Waals surface area (Å²) in [7, 11) is 0. The van der Waals surface area contributed by atoms with Gasteiger partial charge in [-0.2, -0.15) is 0 Å². The Labute approximate surface area is 123 Å². The molecule has 2 heterocycles. The number of nitrogens with zero attached hydrogens (tertiary/aromatic N) is 2. The molecule has 20 heavy (non-hydrogen) atoms. The molecular weight excluding hydrogens is 276 g/mol. The van der Waals surface area contributed by atoms with Gasteiger partial charge in [-0.15, -0.1) is 0 Å². The molecule has 2 aliphatic heterocycles. The van der Waals surface area contributed by atoms with E-state index >= 15 is 0 Å². The number of hydrogen-bond acceptors (Lipinski definition) is 2. The molecule has 3 rings (SSSR count). The largest absolute Gasteiger partial charge is 0.329 e. The average Bonchev–Trinajstić information content (AvgIpc) is 2.88. The highest BCUT2D eigenvalue weighted by atomic mass is 35.5. The van der Waals surface area contributed by atoms with Crippen molar-refractivity contribution in [1.29, 1.82) is 0 Å². The van der Waals surface area contributed by atoms with Gasteiger partial charge in [0.1, 0.15) is 12.1 Å². The van der Waals surface area contributed by atoms with E-state index < -0.39 is 6.04 Å². The van der Waals surface area contributed by atoms with Gasteiger partial charge in [0, 0.05) is 6.54 Å². The lowest BCUT2D eigenvalue weighted by Gasteiger charge is -2.41. The van der Waals surface area contributed by atoms with Crippen molar-refractivity contribution in [1.82, 2.24) is 4.90 Å². The lowest BCUT2D eigenvalue weighted by atomic mass is 10.0. The first-order valence-corrected chi connectivity index (χ1v) is 7.28. The van der Waals surface area contributed by atoms with Crippen LogP contribution in [0.15, 0.2) is 18.2 Å². The van der Waals surface area contributed by atoms with Gasteiger partial charge in [0.15, 0.2) is 0 Å². The van der Waals surface area contributed by atoms with Crippen molar-refractivity contribution < 1.29 is 9.59 Å². The monoisotopic (exact) mass is 292 g/mol. The zero-order valence-corrected chi connectivity index (χ0v) is 12.4. The number of benzene rings is 1. The van der Waals surface area contributed by atoms with Crippen molar-refractivity contribution in [3.8, 4) is 0 Å². The van der Waals surface area contributed by atoms with Gasteiger partial charge in [-0.05, 0) is 44.4 Å². The number of hydrogen-bond donors (Lipinski definition) is 0. The summed E-state index contributed by atoms with van der Waals surface area (Å²) in [5.74, 6) is 0.00379. The fourth-order valence-corrected chi connectivity index (χ4v) is 3.45. The standard InChI is InChI=1S/C15H17ClN2O2/c1-9-5-6-12(11(16)8-9)18-10(2)14(19)17-7-3-4-13(17)15(18)20/h5-6,8,10,13H,3-4,7H2,1-2H3. The van der Waals surface area contributed by atoms with E-state index in [4.69, 9.17) is 11.6 Å². The Morgan fingerprint density at radius 1 is 1.25 bits per heavy atom. The summed E-state index contributed by atoms with van der Waals surface area (Å²) in [6.45, 7) is 4.40. The van der Waals surface area contributed by atoms with Crippen LogP contribution in [0.25, 0.3) is 0 Å². The Morgan fingerprint density at radius 2 is 2.00 bits per heavy atom. The molecular formula is C15H17ClN2O2. The Balaban J connectivity index is 2.03. The molecule has 0 aromatic heterocycles. The van der Waals surface area contributed by atoms with Crippen LogP contribution in [0.2, 0.25) is 5.02 Å². The van der Waals surface area contributed by atoms with Gasteiger partial charge >= 0.3 is 0 Å². The van der Waals surface area contributed by atoms with Gasteiger partial charge in [0.25, 0.3) is 5.91 Å². The number of halogens is 1. The lowest BCUT2D eigenvalue weighted by molar-refractivity contribution is -0.143. The molecule has 0 radical (unpaired) electrons. The van der Waals surface area contributed by atoms with Crippen molar-refractivity contribution in [3.05, 3.63) is 28.8 Å². The van der Waals surface area contributed by atoms with Crippen molar-refractivity contribution in [2.75, 3.05) is 11.4 Å². The highest BCUT2D eigenvalue weighted by Crippen LogP contribution is 2.34. The third kappa shape index (κ3) is 1.90. The van der Waals surface area contributed by atoms with Crippen molar-refractivity contribution in [2.24, 2.45) is 0 Å². The first-order chi connectivity index (χ1) is 9.50. The van der Waals surface area contributed by atoms with Crippen LogP contribution in [-0.2, 0) is 9.59 Å². The Kier molecular flexibility index (Phi) is 3.21. The summed E-state index contributed by atoms with van der Waals surface area (Å²) < 4.78 is 0. The number of amides is 2. The first kappa shape index (κ1) is 13.4. The predicted molar refractivity (Wildman–Crippen MR) is 77.9 cm³/mol. The zero-order valence-electron chi connectivity index (χ0n) is 11.6. The van der Waals surface area contributed by atoms with E-state index in [2.05, 4.69) is 0 Å². The van der Waals surface area contributed by atoms with E-state index in [0.29, 0.717) is 17.3 Å². The number of carbonyl (C=O) groups is 2. The fraction of sp³-hybridized carbons (Fsp3) is 0.467. The zero-order chi connectivity index (χ0) is 14.4. The van der Waals surface area contributed by atoms with Crippen LogP contribution in [0.3, 0.4) is 0 Å². The van der Waals surface area contributed by atoms with Crippen LogP contribution in [0.4, 0.5) is 5.69 Å². The molecule has 2 fully saturated rings. The van der Waals surface area contributed by atoms with Crippen molar-refractivity contribution in [2.45, 2.75) is 38.8 Å². The second-order valence-electron chi connectivity index (χ2n) is 5.53. The van der Waals surface area contributed by atoms with Crippen LogP contribution in [0.5, 0.6) is 0 Å². The third-order valence-corrected chi connectivity index (χ3v) is 4.47. The molecule has 2 unspecified atom stereocenters. The molecule has 0 bridgehead atoms. The second kappa shape index (κ2) is 4.77. The molecule has 0 N–H and O–H groups in total. The molecule has 1 aromatic rings. The summed E-state index contributed by atoms with van der Waals surface area (Å²) in [5.41, 5.74) is 1.67. The van der Waals surface area contributed by atoms with Crippen LogP contribution in [-0.4, -0.2) is 35.3 Å². The molecule has 1 aromatic carbocycles. The predicted octanol–water partition coefficient (Wildman–Crippen LogP) is 2.37. The summed E-state index contributed by atoms with van der Waals surface area (Å²) in [6, 6.07) is 4.76. The molecule has 2 aliphatic rings. The minimum atomic E-state index is -0.489. The van der Waals surface area contributed by atoms with Gasteiger partial charge in [0.2, 0.25) is 5.91 Å². The topological polar surface area (TPSA) is 40.6 Å². The maximum atomic E-state index is 12.7. The summed E-state index contributed by atoms with van der Waals surface area (Å²) in [4.78, 5) is 28.4. The average molecular weight is 293 g/mol. The van der Waals surface area contributed by atoms with Crippen molar-refractivity contribution in [3.63, 3.8) is 0 Å². The molecule has 4 nitrogen and oxygen atoms in total. The van der Waals surface area contributed by atoms with Crippen molar-refractivity contribution >= 4 is 29.1 Å². The third-order valence-electron chi connectivity index (χ3n) is 4.17. The second-order valence-corrected chi connectivity index (χ2v) is 5.94. The molecule has 2 amide bonds. The number of fused-ring (bicyclic) bond motifs is 1. The molecule has 106 valence electrons. The molecule has 0 saturated carbocycles. The van der Waals surface area contributed by atoms with Gasteiger partial charge in [-0.3, -0.25) is 14.5 Å². The van der Waals surface area contributed by atoms with E-state index in [9.17, 15) is 9.59 Å². The van der Waals surface area contributed by atoms with Crippen LogP contribution in [0.1, 0.15) is 25.3 Å². The summed E-state index contributed by atoms with van der Waals surface area (Å²) in [6.07, 6.45) is 1.64. The maximum Gasteiger partial charge on any atom is 0.250 e. The van der Waals surface area contributed by atoms with Gasteiger partial charge in [0.05, 0.1) is 10.7 Å². The number of carbonyl (C=O) groups excluding carboxylic acids is 2. The van der Waals surface area contributed by atoms with E-state index in [0.717, 1.165) is 18.4 Å². The SMILES string of the molecule is Cc1ccc(N2C(=O)C3CCCN3C(=O)C2C)c(Cl)c1. The first-order valence-electron chi connectivity index (χ1n) is 6.90. The minimum absolute atomic E-state index is 0.0136. The Bertz CT molecular complexity index is 587. The lowest BCUT2D eigenvalue weighted by Crippen LogP contribution is -2.62. The van der Waals surface area contributed by atoms with E-state index in [1.807, 2.05) is 25.1 Å². The van der Waals surface area contributed by atoms with Crippen LogP contribution in [0, 0.1) is 6.92 Å². The van der Waals surface area contributed by atoms with Gasteiger partial charge in [-0.25, -0.2) is 0 Å². The summed E-state index contributed by atoms with van der Waals surface area (Å²) >= 11 is 6.27. The highest BCUT2D eigenvalue weighted by molar-refractivity contribution is 6.34. The normalized spacial score (nSPS) is 26.1. The van der Waals surface area contributed by atoms with Gasteiger partial charge in [-0.1, -0.05) is 17.7 Å². The molecule has 2 atom stereocenters. The Morgan fingerprint density at radius 3 is 2.70 bits per heavy atom. The smallest absolute Gasteiger partial charge is 0.250 e. The molecule has 2 saturated heterocycles. The Hall–Kier alpha value is -1.55. The van der Waals surface area contributed by atoms with E-state index in [-0.39, 0.29) is 17.9 Å².